The van der Waals surface area contributed by atoms with Gasteiger partial charge in [0.05, 0.1) is 12.7 Å². The highest BCUT2D eigenvalue weighted by Gasteiger charge is 2.30. The van der Waals surface area contributed by atoms with Gasteiger partial charge in [0.1, 0.15) is 12.1 Å². The van der Waals surface area contributed by atoms with Crippen molar-refractivity contribution in [3.05, 3.63) is 47.4 Å². The maximum Gasteiger partial charge on any atom is 0.219 e. The summed E-state index contributed by atoms with van der Waals surface area (Å²) in [6.45, 7) is 4.32. The Labute approximate surface area is 201 Å². The molecule has 2 aromatic rings. The number of nitrogens with zero attached hydrogens (tertiary/aromatic N) is 4. The van der Waals surface area contributed by atoms with Gasteiger partial charge in [0.25, 0.3) is 0 Å². The van der Waals surface area contributed by atoms with E-state index in [4.69, 9.17) is 4.74 Å². The Hall–Kier alpha value is -3.13. The molecule has 0 bridgehead atoms. The number of ether oxygens (including phenoxy) is 1. The molecule has 1 aromatic heterocycles. The van der Waals surface area contributed by atoms with E-state index in [1.165, 1.54) is 5.56 Å². The summed E-state index contributed by atoms with van der Waals surface area (Å²) < 4.78 is 7.74. The molecule has 0 saturated carbocycles. The molecule has 1 fully saturated rings. The highest BCUT2D eigenvalue weighted by Crippen LogP contribution is 2.33. The van der Waals surface area contributed by atoms with Crippen molar-refractivity contribution in [2.45, 2.75) is 51.7 Å². The molecule has 3 aliphatic rings. The fourth-order valence-corrected chi connectivity index (χ4v) is 5.20. The molecule has 1 atom stereocenters. The first kappa shape index (κ1) is 22.7. The van der Waals surface area contributed by atoms with Crippen LogP contribution >= 0.6 is 0 Å². The number of aryl methyl sites for hydroxylation is 2. The van der Waals surface area contributed by atoms with Crippen LogP contribution in [0.15, 0.2) is 41.9 Å². The molecule has 0 spiro atoms. The third-order valence-corrected chi connectivity index (χ3v) is 7.10. The number of rotatable bonds is 4. The van der Waals surface area contributed by atoms with Crippen LogP contribution in [0, 0.1) is 5.41 Å². The summed E-state index contributed by atoms with van der Waals surface area (Å²) >= 11 is 0. The van der Waals surface area contributed by atoms with Crippen molar-refractivity contribution in [1.82, 2.24) is 20.0 Å². The van der Waals surface area contributed by atoms with E-state index >= 15 is 0 Å². The molecule has 8 heteroatoms. The van der Waals surface area contributed by atoms with Crippen LogP contribution < -0.4 is 10.2 Å². The molecule has 8 nitrogen and oxygen atoms in total. The quantitative estimate of drug-likeness (QED) is 0.537. The van der Waals surface area contributed by atoms with Gasteiger partial charge in [0.2, 0.25) is 5.91 Å². The van der Waals surface area contributed by atoms with Crippen molar-refractivity contribution in [1.29, 1.82) is 5.41 Å². The second-order valence-corrected chi connectivity index (χ2v) is 9.50. The van der Waals surface area contributed by atoms with E-state index in [1.54, 1.807) is 6.92 Å². The maximum atomic E-state index is 12.2. The van der Waals surface area contributed by atoms with Gasteiger partial charge in [0.15, 0.2) is 0 Å². The predicted octanol–water partition coefficient (Wildman–Crippen LogP) is 3.44. The van der Waals surface area contributed by atoms with Gasteiger partial charge in [-0.25, -0.2) is 0 Å². The highest BCUT2D eigenvalue weighted by atomic mass is 16.5. The summed E-state index contributed by atoms with van der Waals surface area (Å²) in [5.74, 6) is 0.540. The number of aromatic nitrogens is 2. The van der Waals surface area contributed by atoms with E-state index in [9.17, 15) is 10.2 Å². The molecule has 5 rings (SSSR count). The fraction of sp³-hybridized carbons (Fsp3) is 0.500. The summed E-state index contributed by atoms with van der Waals surface area (Å²) in [5, 5.41) is 17.1. The van der Waals surface area contributed by atoms with Crippen LogP contribution in [-0.4, -0.2) is 58.9 Å². The summed E-state index contributed by atoms with van der Waals surface area (Å²) in [7, 11) is 1.93. The van der Waals surface area contributed by atoms with Crippen molar-refractivity contribution >= 4 is 17.4 Å². The van der Waals surface area contributed by atoms with Gasteiger partial charge in [-0.15, -0.1) is 0 Å². The number of carbonyl (C=O) groups excluding carboxylic acids is 1. The van der Waals surface area contributed by atoms with Crippen LogP contribution in [0.3, 0.4) is 0 Å². The lowest BCUT2D eigenvalue weighted by molar-refractivity contribution is -0.128. The lowest BCUT2D eigenvalue weighted by Crippen LogP contribution is -2.46. The van der Waals surface area contributed by atoms with Crippen molar-refractivity contribution in [2.75, 3.05) is 31.1 Å². The highest BCUT2D eigenvalue weighted by molar-refractivity contribution is 6.09. The normalized spacial score (nSPS) is 20.8. The van der Waals surface area contributed by atoms with E-state index in [0.29, 0.717) is 18.9 Å². The van der Waals surface area contributed by atoms with Gasteiger partial charge in [0, 0.05) is 68.8 Å². The second kappa shape index (κ2) is 9.62. The minimum atomic E-state index is -0.00823. The molecule has 1 saturated heterocycles. The van der Waals surface area contributed by atoms with Crippen molar-refractivity contribution in [3.8, 4) is 11.1 Å². The lowest BCUT2D eigenvalue weighted by Gasteiger charge is -2.38. The van der Waals surface area contributed by atoms with Crippen LogP contribution in [0.25, 0.3) is 11.1 Å². The van der Waals surface area contributed by atoms with E-state index < -0.39 is 0 Å². The third kappa shape index (κ3) is 4.59. The molecule has 0 aliphatic carbocycles. The number of benzene rings is 1. The molecule has 1 unspecified atom stereocenters. The number of fused-ring (bicyclic) bond motifs is 1. The first-order valence-electron chi connectivity index (χ1n) is 12.3. The number of anilines is 1. The fourth-order valence-electron chi connectivity index (χ4n) is 5.20. The monoisotopic (exact) mass is 462 g/mol. The number of amides is 1. The number of hydrogen-bond donors (Lipinski definition) is 2. The Morgan fingerprint density at radius 1 is 1.18 bits per heavy atom. The van der Waals surface area contributed by atoms with E-state index in [1.807, 2.05) is 29.0 Å². The molecule has 1 aromatic carbocycles. The van der Waals surface area contributed by atoms with Crippen LogP contribution in [0.2, 0.25) is 0 Å². The van der Waals surface area contributed by atoms with E-state index in [2.05, 4.69) is 33.5 Å². The first-order valence-corrected chi connectivity index (χ1v) is 12.3. The average Bonchev–Trinajstić information content (AvgIpc) is 3.30. The van der Waals surface area contributed by atoms with Crippen molar-refractivity contribution in [3.63, 3.8) is 0 Å². The summed E-state index contributed by atoms with van der Waals surface area (Å²) in [4.78, 5) is 16.1. The van der Waals surface area contributed by atoms with Crippen LogP contribution in [-0.2, 0) is 23.0 Å². The standard InChI is InChI=1S/C26H34N6O2/c1-18(33)31-12-10-23(29-25-7-3-4-13-34-25)22(17-31)26(27)32-11-5-6-20-14-19(8-9-24(20)32)21-15-28-30(2)16-21/h8-9,14-16,25,27,29H,3-7,10-13,17H2,1-2H3. The van der Waals surface area contributed by atoms with Gasteiger partial charge < -0.3 is 19.9 Å². The molecular weight excluding hydrogens is 428 g/mol. The van der Waals surface area contributed by atoms with Gasteiger partial charge >= 0.3 is 0 Å². The molecule has 4 heterocycles. The number of nitrogens with one attached hydrogen (secondary N) is 2. The lowest BCUT2D eigenvalue weighted by atomic mass is 9.95. The van der Waals surface area contributed by atoms with Gasteiger partial charge in [-0.3, -0.25) is 14.9 Å². The van der Waals surface area contributed by atoms with Gasteiger partial charge in [-0.1, -0.05) is 6.07 Å². The topological polar surface area (TPSA) is 86.5 Å². The van der Waals surface area contributed by atoms with Crippen LogP contribution in [0.1, 0.15) is 44.6 Å². The summed E-state index contributed by atoms with van der Waals surface area (Å²) in [6, 6.07) is 6.49. The first-order chi connectivity index (χ1) is 16.5. The zero-order chi connectivity index (χ0) is 23.7. The summed E-state index contributed by atoms with van der Waals surface area (Å²) in [6.07, 6.45) is 9.84. The predicted molar refractivity (Wildman–Crippen MR) is 133 cm³/mol. The molecule has 2 N–H and O–H groups in total. The number of carbonyl (C=O) groups is 1. The Morgan fingerprint density at radius 3 is 2.79 bits per heavy atom. The zero-order valence-electron chi connectivity index (χ0n) is 20.1. The molecule has 1 amide bonds. The van der Waals surface area contributed by atoms with Crippen molar-refractivity contribution < 1.29 is 9.53 Å². The maximum absolute atomic E-state index is 12.2. The molecule has 0 radical (unpaired) electrons. The molecule has 3 aliphatic heterocycles. The number of amidine groups is 1. The SMILES string of the molecule is CC(=O)N1CCC(NC2CCCCO2)=C(C(=N)N2CCCc3cc(-c4cnn(C)c4)ccc32)C1. The van der Waals surface area contributed by atoms with Crippen molar-refractivity contribution in [2.24, 2.45) is 7.05 Å². The molecule has 180 valence electrons. The Bertz CT molecular complexity index is 1110. The minimum absolute atomic E-state index is 0.00823. The van der Waals surface area contributed by atoms with Crippen LogP contribution in [0.5, 0.6) is 0 Å². The Balaban J connectivity index is 1.44. The van der Waals surface area contributed by atoms with E-state index in [-0.39, 0.29) is 12.1 Å². The largest absolute Gasteiger partial charge is 0.363 e. The van der Waals surface area contributed by atoms with Gasteiger partial charge in [-0.2, -0.15) is 5.10 Å². The molecular formula is C26H34N6O2. The summed E-state index contributed by atoms with van der Waals surface area (Å²) in [5.41, 5.74) is 6.54. The Morgan fingerprint density at radius 2 is 2.06 bits per heavy atom. The third-order valence-electron chi connectivity index (χ3n) is 7.10. The van der Waals surface area contributed by atoms with E-state index in [0.717, 1.165) is 79.8 Å². The average molecular weight is 463 g/mol. The van der Waals surface area contributed by atoms with Gasteiger partial charge in [-0.05, 0) is 55.4 Å². The van der Waals surface area contributed by atoms with Crippen LogP contribution in [0.4, 0.5) is 5.69 Å². The Kier molecular flexibility index (Phi) is 6.41. The smallest absolute Gasteiger partial charge is 0.219 e. The zero-order valence-corrected chi connectivity index (χ0v) is 20.1. The minimum Gasteiger partial charge on any atom is -0.363 e. The number of hydrogen-bond acceptors (Lipinski definition) is 5. The molecule has 34 heavy (non-hydrogen) atoms. The second-order valence-electron chi connectivity index (χ2n) is 9.50.